The van der Waals surface area contributed by atoms with Gasteiger partial charge in [-0.05, 0) is 30.2 Å². The molecule has 7 nitrogen and oxygen atoms in total. The molecular formula is C22H18N4O3. The van der Waals surface area contributed by atoms with Crippen LogP contribution in [0.4, 0.5) is 0 Å². The molecule has 1 fully saturated rings. The number of nitrogens with zero attached hydrogens (tertiary/aromatic N) is 3. The zero-order valence-electron chi connectivity index (χ0n) is 15.5. The average molecular weight is 386 g/mol. The molecule has 3 heterocycles. The Morgan fingerprint density at radius 2 is 1.86 bits per heavy atom. The van der Waals surface area contributed by atoms with Gasteiger partial charge in [-0.2, -0.15) is 0 Å². The molecule has 2 aliphatic heterocycles. The highest BCUT2D eigenvalue weighted by atomic mass is 16.2. The van der Waals surface area contributed by atoms with E-state index in [9.17, 15) is 14.4 Å². The number of hydrogen-bond acceptors (Lipinski definition) is 4. The number of piperidine rings is 1. The molecular weight excluding hydrogens is 368 g/mol. The Bertz CT molecular complexity index is 1140. The summed E-state index contributed by atoms with van der Waals surface area (Å²) in [5.41, 5.74) is 4.37. The zero-order chi connectivity index (χ0) is 20.0. The number of imidazole rings is 1. The number of hydrogen-bond donors (Lipinski definition) is 1. The number of carbonyl (C=O) groups excluding carboxylic acids is 3. The topological polar surface area (TPSA) is 84.3 Å². The lowest BCUT2D eigenvalue weighted by atomic mass is 10.0. The van der Waals surface area contributed by atoms with E-state index < -0.39 is 11.9 Å². The summed E-state index contributed by atoms with van der Waals surface area (Å²) in [6, 6.07) is 15.0. The highest BCUT2D eigenvalue weighted by molar-refractivity contribution is 6.05. The number of amides is 3. The molecule has 0 aliphatic carbocycles. The molecule has 1 aromatic heterocycles. The van der Waals surface area contributed by atoms with E-state index in [1.807, 2.05) is 53.2 Å². The highest BCUT2D eigenvalue weighted by Crippen LogP contribution is 2.30. The lowest BCUT2D eigenvalue weighted by molar-refractivity contribution is -0.136. The molecule has 1 unspecified atom stereocenters. The Balaban J connectivity index is 1.47. The van der Waals surface area contributed by atoms with Crippen molar-refractivity contribution in [2.45, 2.75) is 25.4 Å². The SMILES string of the molecule is O=C1CCC(N2Cc3cc(-n4cncc4-c4ccccc4)ccc3C2=O)C(=O)N1. The molecule has 1 atom stereocenters. The fraction of sp³-hybridized carbons (Fsp3) is 0.182. The van der Waals surface area contributed by atoms with Gasteiger partial charge in [-0.3, -0.25) is 24.3 Å². The van der Waals surface area contributed by atoms with Crippen molar-refractivity contribution in [3.8, 4) is 16.9 Å². The van der Waals surface area contributed by atoms with E-state index in [-0.39, 0.29) is 18.2 Å². The van der Waals surface area contributed by atoms with E-state index in [0.717, 1.165) is 22.5 Å². The summed E-state index contributed by atoms with van der Waals surface area (Å²) in [5.74, 6) is -0.857. The summed E-state index contributed by atoms with van der Waals surface area (Å²) in [6.45, 7) is 0.351. The molecule has 5 rings (SSSR count). The van der Waals surface area contributed by atoms with Crippen molar-refractivity contribution < 1.29 is 14.4 Å². The van der Waals surface area contributed by atoms with Crippen LogP contribution in [-0.2, 0) is 16.1 Å². The predicted molar refractivity (Wildman–Crippen MR) is 105 cm³/mol. The Labute approximate surface area is 167 Å². The molecule has 1 N–H and O–H groups in total. The van der Waals surface area contributed by atoms with Crippen LogP contribution in [0.3, 0.4) is 0 Å². The average Bonchev–Trinajstić information content (AvgIpc) is 3.34. The van der Waals surface area contributed by atoms with E-state index in [1.165, 1.54) is 0 Å². The number of fused-ring (bicyclic) bond motifs is 1. The molecule has 2 aromatic carbocycles. The Kier molecular flexibility index (Phi) is 4.01. The second-order valence-corrected chi connectivity index (χ2v) is 7.26. The van der Waals surface area contributed by atoms with Crippen molar-refractivity contribution in [2.24, 2.45) is 0 Å². The van der Waals surface area contributed by atoms with Gasteiger partial charge in [0.25, 0.3) is 5.91 Å². The molecule has 0 saturated carbocycles. The van der Waals surface area contributed by atoms with Crippen LogP contribution in [0.25, 0.3) is 16.9 Å². The van der Waals surface area contributed by atoms with Crippen molar-refractivity contribution in [2.75, 3.05) is 0 Å². The monoisotopic (exact) mass is 386 g/mol. The van der Waals surface area contributed by atoms with Crippen LogP contribution >= 0.6 is 0 Å². The van der Waals surface area contributed by atoms with Gasteiger partial charge in [-0.25, -0.2) is 4.98 Å². The summed E-state index contributed by atoms with van der Waals surface area (Å²) in [6.07, 6.45) is 4.16. The maximum atomic E-state index is 12.9. The van der Waals surface area contributed by atoms with Gasteiger partial charge in [0, 0.05) is 29.8 Å². The van der Waals surface area contributed by atoms with Crippen molar-refractivity contribution in [3.63, 3.8) is 0 Å². The van der Waals surface area contributed by atoms with Gasteiger partial charge >= 0.3 is 0 Å². The van der Waals surface area contributed by atoms with Gasteiger partial charge in [-0.15, -0.1) is 0 Å². The highest BCUT2D eigenvalue weighted by Gasteiger charge is 2.39. The Morgan fingerprint density at radius 1 is 1.03 bits per heavy atom. The number of benzene rings is 2. The van der Waals surface area contributed by atoms with Gasteiger partial charge in [-0.1, -0.05) is 30.3 Å². The first-order chi connectivity index (χ1) is 14.1. The first kappa shape index (κ1) is 17.4. The maximum absolute atomic E-state index is 12.9. The Morgan fingerprint density at radius 3 is 2.66 bits per heavy atom. The molecule has 1 saturated heterocycles. The van der Waals surface area contributed by atoms with Gasteiger partial charge in [0.05, 0.1) is 18.2 Å². The fourth-order valence-electron chi connectivity index (χ4n) is 4.03. The summed E-state index contributed by atoms with van der Waals surface area (Å²) >= 11 is 0. The van der Waals surface area contributed by atoms with Crippen molar-refractivity contribution in [1.29, 1.82) is 0 Å². The van der Waals surface area contributed by atoms with E-state index in [1.54, 1.807) is 17.3 Å². The van der Waals surface area contributed by atoms with Crippen molar-refractivity contribution in [3.05, 3.63) is 72.2 Å². The Hall–Kier alpha value is -3.74. The molecule has 0 radical (unpaired) electrons. The quantitative estimate of drug-likeness (QED) is 0.700. The smallest absolute Gasteiger partial charge is 0.255 e. The van der Waals surface area contributed by atoms with Crippen LogP contribution in [0.2, 0.25) is 0 Å². The summed E-state index contributed by atoms with van der Waals surface area (Å²) < 4.78 is 1.98. The predicted octanol–water partition coefficient (Wildman–Crippen LogP) is 2.30. The second kappa shape index (κ2) is 6.70. The zero-order valence-corrected chi connectivity index (χ0v) is 15.5. The molecule has 144 valence electrons. The van der Waals surface area contributed by atoms with Crippen molar-refractivity contribution in [1.82, 2.24) is 19.8 Å². The van der Waals surface area contributed by atoms with E-state index in [2.05, 4.69) is 10.3 Å². The van der Waals surface area contributed by atoms with E-state index in [4.69, 9.17) is 0 Å². The molecule has 3 aromatic rings. The summed E-state index contributed by atoms with van der Waals surface area (Å²) in [7, 11) is 0. The standard InChI is InChI=1S/C22H18N4O3/c27-20-9-8-18(21(28)24-20)25-12-15-10-16(6-7-17(15)22(25)29)26-13-23-11-19(26)14-4-2-1-3-5-14/h1-7,10-11,13,18H,8-9,12H2,(H,24,27,28). The third-order valence-electron chi connectivity index (χ3n) is 5.49. The van der Waals surface area contributed by atoms with Gasteiger partial charge in [0.2, 0.25) is 11.8 Å². The van der Waals surface area contributed by atoms with Crippen LogP contribution in [0.15, 0.2) is 61.1 Å². The number of nitrogens with one attached hydrogen (secondary N) is 1. The minimum Gasteiger partial charge on any atom is -0.322 e. The van der Waals surface area contributed by atoms with E-state index >= 15 is 0 Å². The van der Waals surface area contributed by atoms with Gasteiger partial charge in [0.15, 0.2) is 0 Å². The molecule has 3 amide bonds. The van der Waals surface area contributed by atoms with Gasteiger partial charge < -0.3 is 4.90 Å². The largest absolute Gasteiger partial charge is 0.322 e. The van der Waals surface area contributed by atoms with Crippen LogP contribution in [0.1, 0.15) is 28.8 Å². The van der Waals surface area contributed by atoms with Crippen LogP contribution in [0.5, 0.6) is 0 Å². The number of carbonyl (C=O) groups is 3. The van der Waals surface area contributed by atoms with Crippen molar-refractivity contribution >= 4 is 17.7 Å². The molecule has 2 aliphatic rings. The third kappa shape index (κ3) is 2.91. The molecule has 7 heteroatoms. The molecule has 29 heavy (non-hydrogen) atoms. The number of rotatable bonds is 3. The van der Waals surface area contributed by atoms with Gasteiger partial charge in [0.1, 0.15) is 6.04 Å². The van der Waals surface area contributed by atoms with Crippen LogP contribution < -0.4 is 5.32 Å². The first-order valence-corrected chi connectivity index (χ1v) is 9.47. The van der Waals surface area contributed by atoms with Crippen LogP contribution in [0, 0.1) is 0 Å². The summed E-state index contributed by atoms with van der Waals surface area (Å²) in [4.78, 5) is 42.3. The molecule has 0 spiro atoms. The maximum Gasteiger partial charge on any atom is 0.255 e. The minimum absolute atomic E-state index is 0.171. The number of imide groups is 1. The molecule has 0 bridgehead atoms. The summed E-state index contributed by atoms with van der Waals surface area (Å²) in [5, 5.41) is 2.33. The fourth-order valence-corrected chi connectivity index (χ4v) is 4.03. The third-order valence-corrected chi connectivity index (χ3v) is 5.49. The minimum atomic E-state index is -0.607. The normalized spacial score (nSPS) is 18.7. The van der Waals surface area contributed by atoms with Crippen LogP contribution in [-0.4, -0.2) is 38.2 Å². The second-order valence-electron chi connectivity index (χ2n) is 7.26. The van der Waals surface area contributed by atoms with E-state index in [0.29, 0.717) is 18.5 Å². The lowest BCUT2D eigenvalue weighted by Crippen LogP contribution is -2.52. The first-order valence-electron chi connectivity index (χ1n) is 9.47. The number of aromatic nitrogens is 2. The lowest BCUT2D eigenvalue weighted by Gasteiger charge is -2.29.